The van der Waals surface area contributed by atoms with Crippen LogP contribution in [-0.4, -0.2) is 30.3 Å². The second kappa shape index (κ2) is 8.05. The van der Waals surface area contributed by atoms with Gasteiger partial charge in [-0.15, -0.1) is 0 Å². The lowest BCUT2D eigenvalue weighted by molar-refractivity contribution is 0.504. The van der Waals surface area contributed by atoms with Gasteiger partial charge in [0.2, 0.25) is 10.3 Å². The molecule has 1 N–H and O–H groups in total. The Kier molecular flexibility index (Phi) is 6.08. The van der Waals surface area contributed by atoms with E-state index in [0.717, 1.165) is 21.8 Å². The number of fused-ring (bicyclic) bond motifs is 1. The van der Waals surface area contributed by atoms with Crippen molar-refractivity contribution in [2.45, 2.75) is 14.0 Å². The molecule has 0 saturated carbocycles. The van der Waals surface area contributed by atoms with Gasteiger partial charge in [0.15, 0.2) is 0 Å². The van der Waals surface area contributed by atoms with E-state index in [1.807, 2.05) is 30.3 Å². The fourth-order valence-electron chi connectivity index (χ4n) is 2.13. The zero-order chi connectivity index (χ0) is 16.2. The number of hydrogen-bond donors (Lipinski definition) is 1. The Balaban J connectivity index is 0.00000208. The van der Waals surface area contributed by atoms with E-state index in [-0.39, 0.29) is 14.0 Å². The lowest BCUT2D eigenvalue weighted by atomic mass is 10.1. The molecule has 0 saturated heterocycles. The average molecular weight is 366 g/mol. The Bertz CT molecular complexity index is 975. The topological polar surface area (TPSA) is 85.1 Å². The van der Waals surface area contributed by atoms with Gasteiger partial charge in [0, 0.05) is 22.9 Å². The third-order valence-electron chi connectivity index (χ3n) is 3.20. The third kappa shape index (κ3) is 4.19. The highest BCUT2D eigenvalue weighted by Crippen LogP contribution is 2.27. The lowest BCUT2D eigenvalue weighted by Crippen LogP contribution is -2.15. The van der Waals surface area contributed by atoms with Crippen LogP contribution in [0.15, 0.2) is 41.1 Å². The molecule has 0 aliphatic carbocycles. The minimum absolute atomic E-state index is 0. The quantitative estimate of drug-likeness (QED) is 0.425. The zero-order valence-corrected chi connectivity index (χ0v) is 13.4. The standard InChI is InChI=1S/C15H12ClN3O3S.CH4/c16-15-12-7-10(1-3-13(12)18-9-19-15)14-4-2-11(22-14)8-17-5-6-23(20)21;/h1-4,6-7,9,17H,5,8H2;1H4. The van der Waals surface area contributed by atoms with E-state index in [1.165, 1.54) is 6.33 Å². The summed E-state index contributed by atoms with van der Waals surface area (Å²) >= 11 is 6.09. The van der Waals surface area contributed by atoms with Gasteiger partial charge >= 0.3 is 0 Å². The second-order valence-corrected chi connectivity index (χ2v) is 5.93. The highest BCUT2D eigenvalue weighted by molar-refractivity contribution is 7.71. The van der Waals surface area contributed by atoms with Crippen molar-refractivity contribution >= 4 is 38.2 Å². The third-order valence-corrected chi connectivity index (χ3v) is 3.94. The van der Waals surface area contributed by atoms with Crippen LogP contribution >= 0.6 is 11.6 Å². The zero-order valence-electron chi connectivity index (χ0n) is 11.9. The predicted octanol–water partition coefficient (Wildman–Crippen LogP) is 2.95. The normalized spacial score (nSPS) is 10.4. The van der Waals surface area contributed by atoms with Crippen LogP contribution in [-0.2, 0) is 16.8 Å². The monoisotopic (exact) mass is 365 g/mol. The molecule has 126 valence electrons. The van der Waals surface area contributed by atoms with E-state index < -0.39 is 10.3 Å². The summed E-state index contributed by atoms with van der Waals surface area (Å²) in [7, 11) is -2.16. The molecule has 6 nitrogen and oxygen atoms in total. The van der Waals surface area contributed by atoms with Crippen molar-refractivity contribution in [3.63, 3.8) is 0 Å². The van der Waals surface area contributed by atoms with Crippen LogP contribution in [0.4, 0.5) is 0 Å². The number of halogens is 1. The Hall–Kier alpha value is -2.22. The van der Waals surface area contributed by atoms with Crippen molar-refractivity contribution in [2.24, 2.45) is 0 Å². The van der Waals surface area contributed by atoms with E-state index in [1.54, 1.807) is 0 Å². The van der Waals surface area contributed by atoms with Crippen LogP contribution in [0.1, 0.15) is 13.2 Å². The van der Waals surface area contributed by atoms with Crippen LogP contribution in [0.25, 0.3) is 22.2 Å². The largest absolute Gasteiger partial charge is 0.460 e. The van der Waals surface area contributed by atoms with Gasteiger partial charge in [-0.25, -0.2) is 9.97 Å². The van der Waals surface area contributed by atoms with E-state index in [9.17, 15) is 8.42 Å². The fourth-order valence-corrected chi connectivity index (χ4v) is 2.58. The molecule has 2 aromatic heterocycles. The van der Waals surface area contributed by atoms with Crippen molar-refractivity contribution in [1.29, 1.82) is 0 Å². The summed E-state index contributed by atoms with van der Waals surface area (Å²) in [6, 6.07) is 9.32. The Morgan fingerprint density at radius 3 is 2.83 bits per heavy atom. The molecule has 2 heterocycles. The summed E-state index contributed by atoms with van der Waals surface area (Å²) < 4.78 is 26.5. The summed E-state index contributed by atoms with van der Waals surface area (Å²) in [5, 5.41) is 5.26. The molecule has 8 heteroatoms. The van der Waals surface area contributed by atoms with Crippen LogP contribution in [0.3, 0.4) is 0 Å². The Morgan fingerprint density at radius 2 is 2.04 bits per heavy atom. The molecule has 0 spiro atoms. The minimum atomic E-state index is -2.16. The van der Waals surface area contributed by atoms with Gasteiger partial charge < -0.3 is 9.73 Å². The minimum Gasteiger partial charge on any atom is -0.460 e. The van der Waals surface area contributed by atoms with Gasteiger partial charge in [0.1, 0.15) is 23.0 Å². The summed E-state index contributed by atoms with van der Waals surface area (Å²) in [4.78, 5) is 8.13. The molecule has 24 heavy (non-hydrogen) atoms. The summed E-state index contributed by atoms with van der Waals surface area (Å²) in [5.74, 6) is 1.40. The molecule has 0 unspecified atom stereocenters. The molecular formula is C16H16ClN3O3S. The van der Waals surface area contributed by atoms with Gasteiger partial charge in [-0.3, -0.25) is 0 Å². The highest BCUT2D eigenvalue weighted by atomic mass is 35.5. The van der Waals surface area contributed by atoms with Gasteiger partial charge in [0.25, 0.3) is 0 Å². The van der Waals surface area contributed by atoms with Crippen LogP contribution in [0, 0.1) is 0 Å². The first-order chi connectivity index (χ1) is 11.1. The van der Waals surface area contributed by atoms with Crippen LogP contribution < -0.4 is 5.32 Å². The number of nitrogens with zero attached hydrogens (tertiary/aromatic N) is 2. The molecule has 0 aliphatic heterocycles. The number of furan rings is 1. The van der Waals surface area contributed by atoms with Crippen LogP contribution in [0.2, 0.25) is 5.15 Å². The smallest absolute Gasteiger partial charge is 0.211 e. The van der Waals surface area contributed by atoms with E-state index in [4.69, 9.17) is 16.0 Å². The maximum Gasteiger partial charge on any atom is 0.211 e. The van der Waals surface area contributed by atoms with Crippen molar-refractivity contribution in [2.75, 3.05) is 6.54 Å². The fraction of sp³-hybridized carbons (Fsp3) is 0.188. The molecule has 1 aromatic carbocycles. The number of nitrogens with one attached hydrogen (secondary N) is 1. The molecule has 3 rings (SSSR count). The van der Waals surface area contributed by atoms with Crippen molar-refractivity contribution in [3.8, 4) is 11.3 Å². The molecule has 0 aliphatic rings. The highest BCUT2D eigenvalue weighted by Gasteiger charge is 2.08. The first kappa shape index (κ1) is 18.1. The van der Waals surface area contributed by atoms with E-state index >= 15 is 0 Å². The van der Waals surface area contributed by atoms with Crippen molar-refractivity contribution < 1.29 is 12.8 Å². The molecule has 3 aromatic rings. The lowest BCUT2D eigenvalue weighted by Gasteiger charge is -2.02. The Labute approximate surface area is 146 Å². The van der Waals surface area contributed by atoms with Crippen molar-refractivity contribution in [1.82, 2.24) is 15.3 Å². The summed E-state index contributed by atoms with van der Waals surface area (Å²) in [5.41, 5.74) is 1.64. The molecule has 0 amide bonds. The summed E-state index contributed by atoms with van der Waals surface area (Å²) in [6.07, 6.45) is 1.42. The second-order valence-electron chi connectivity index (χ2n) is 4.72. The maximum absolute atomic E-state index is 10.4. The van der Waals surface area contributed by atoms with E-state index in [2.05, 4.69) is 15.3 Å². The van der Waals surface area contributed by atoms with Gasteiger partial charge in [0.05, 0.1) is 12.1 Å². The SMILES string of the molecule is C.O=S(=O)=CCNCc1ccc(-c2ccc3ncnc(Cl)c3c2)o1. The van der Waals surface area contributed by atoms with Gasteiger partial charge in [-0.1, -0.05) is 19.0 Å². The first-order valence-electron chi connectivity index (χ1n) is 6.75. The van der Waals surface area contributed by atoms with E-state index in [0.29, 0.717) is 23.2 Å². The van der Waals surface area contributed by atoms with Gasteiger partial charge in [-0.2, -0.15) is 8.42 Å². The first-order valence-corrected chi connectivity index (χ1v) is 8.26. The van der Waals surface area contributed by atoms with Gasteiger partial charge in [-0.05, 0) is 30.3 Å². The molecular weight excluding hydrogens is 350 g/mol. The number of hydrogen-bond acceptors (Lipinski definition) is 6. The molecule has 0 radical (unpaired) electrons. The van der Waals surface area contributed by atoms with Crippen LogP contribution in [0.5, 0.6) is 0 Å². The molecule has 0 atom stereocenters. The van der Waals surface area contributed by atoms with Crippen molar-refractivity contribution in [3.05, 3.63) is 47.6 Å². The maximum atomic E-state index is 10.4. The number of benzene rings is 1. The predicted molar refractivity (Wildman–Crippen MR) is 95.7 cm³/mol. The summed E-state index contributed by atoms with van der Waals surface area (Å²) in [6.45, 7) is 0.695. The molecule has 0 bridgehead atoms. The molecule has 0 fully saturated rings. The number of aromatic nitrogens is 2. The average Bonchev–Trinajstić information content (AvgIpc) is 3.00. The Morgan fingerprint density at radius 1 is 1.21 bits per heavy atom. The number of rotatable bonds is 5.